The molecule has 2 amide bonds. The molecular weight excluding hydrogens is 395 g/mol. The predicted molar refractivity (Wildman–Crippen MR) is 104 cm³/mol. The van der Waals surface area contributed by atoms with Gasteiger partial charge in [-0.05, 0) is 30.3 Å². The second kappa shape index (κ2) is 10.0. The number of ether oxygens (including phenoxy) is 3. The molecule has 0 saturated heterocycles. The fourth-order valence-corrected chi connectivity index (χ4v) is 2.78. The summed E-state index contributed by atoms with van der Waals surface area (Å²) in [6, 6.07) is 9.50. The molecule has 2 N–H and O–H groups in total. The average molecular weight is 413 g/mol. The molecule has 0 radical (unpaired) electrons. The molecule has 0 aliphatic rings. The summed E-state index contributed by atoms with van der Waals surface area (Å²) in [7, 11) is 2.95. The van der Waals surface area contributed by atoms with E-state index in [1.165, 1.54) is 26.4 Å². The van der Waals surface area contributed by atoms with Crippen LogP contribution in [0.15, 0.2) is 36.4 Å². The number of carbonyl (C=O) groups is 2. The highest BCUT2D eigenvalue weighted by Crippen LogP contribution is 2.34. The van der Waals surface area contributed by atoms with E-state index in [1.54, 1.807) is 24.3 Å². The number of carbonyl (C=O) groups excluding carboxylic acids is 2. The van der Waals surface area contributed by atoms with E-state index in [0.29, 0.717) is 23.7 Å². The molecule has 0 aromatic heterocycles. The van der Waals surface area contributed by atoms with Crippen molar-refractivity contribution >= 4 is 46.6 Å². The van der Waals surface area contributed by atoms with Gasteiger partial charge in [-0.3, -0.25) is 10.1 Å². The second-order valence-electron chi connectivity index (χ2n) is 5.26. The molecule has 0 bridgehead atoms. The summed E-state index contributed by atoms with van der Waals surface area (Å²) in [4.78, 5) is 24.1. The third-order valence-electron chi connectivity index (χ3n) is 3.35. The Morgan fingerprint density at radius 1 is 0.963 bits per heavy atom. The molecular formula is C18H18Cl2N2O5. The first-order valence-electron chi connectivity index (χ1n) is 7.81. The van der Waals surface area contributed by atoms with E-state index < -0.39 is 12.0 Å². The zero-order valence-corrected chi connectivity index (χ0v) is 16.2. The van der Waals surface area contributed by atoms with Crippen LogP contribution in [0.1, 0.15) is 10.4 Å². The molecule has 2 aromatic carbocycles. The van der Waals surface area contributed by atoms with E-state index in [9.17, 15) is 9.59 Å². The first-order chi connectivity index (χ1) is 12.9. The molecule has 0 spiro atoms. The first-order valence-corrected chi connectivity index (χ1v) is 8.57. The number of amides is 2. The Morgan fingerprint density at radius 2 is 1.59 bits per heavy atom. The van der Waals surface area contributed by atoms with E-state index in [0.717, 1.165) is 0 Å². The van der Waals surface area contributed by atoms with Crippen molar-refractivity contribution in [1.82, 2.24) is 0 Å². The van der Waals surface area contributed by atoms with Crippen LogP contribution in [0.3, 0.4) is 0 Å². The summed E-state index contributed by atoms with van der Waals surface area (Å²) in [5.74, 6) is -0.116. The summed E-state index contributed by atoms with van der Waals surface area (Å²) < 4.78 is 14.8. The number of anilines is 2. The normalized spacial score (nSPS) is 10.2. The van der Waals surface area contributed by atoms with Gasteiger partial charge >= 0.3 is 6.09 Å². The maximum atomic E-state index is 12.4. The third kappa shape index (κ3) is 6.02. The van der Waals surface area contributed by atoms with Gasteiger partial charge in [0.05, 0.1) is 23.8 Å². The monoisotopic (exact) mass is 412 g/mol. The van der Waals surface area contributed by atoms with E-state index in [4.69, 9.17) is 37.4 Å². The Kier molecular flexibility index (Phi) is 7.72. The van der Waals surface area contributed by atoms with Crippen LogP contribution >= 0.6 is 23.2 Å². The van der Waals surface area contributed by atoms with Gasteiger partial charge in [-0.2, -0.15) is 0 Å². The number of rotatable bonds is 7. The van der Waals surface area contributed by atoms with Crippen LogP contribution in [-0.4, -0.2) is 39.4 Å². The van der Waals surface area contributed by atoms with Crippen LogP contribution in [-0.2, 0) is 9.47 Å². The van der Waals surface area contributed by atoms with Crippen LogP contribution in [0.4, 0.5) is 16.2 Å². The van der Waals surface area contributed by atoms with Gasteiger partial charge < -0.3 is 19.5 Å². The van der Waals surface area contributed by atoms with Gasteiger partial charge in [0.25, 0.3) is 5.91 Å². The number of halogens is 2. The Labute approximate surface area is 166 Å². The maximum absolute atomic E-state index is 12.4. The predicted octanol–water partition coefficient (Wildman–Crippen LogP) is 4.45. The lowest BCUT2D eigenvalue weighted by molar-refractivity contribution is 0.102. The third-order valence-corrected chi connectivity index (χ3v) is 3.91. The molecule has 27 heavy (non-hydrogen) atoms. The Hall–Kier alpha value is -2.48. The molecule has 0 atom stereocenters. The molecule has 0 heterocycles. The lowest BCUT2D eigenvalue weighted by Crippen LogP contribution is -2.17. The Morgan fingerprint density at radius 3 is 2.19 bits per heavy atom. The van der Waals surface area contributed by atoms with Crippen molar-refractivity contribution in [1.29, 1.82) is 0 Å². The molecule has 0 aliphatic carbocycles. The fourth-order valence-electron chi connectivity index (χ4n) is 2.14. The topological polar surface area (TPSA) is 85.9 Å². The summed E-state index contributed by atoms with van der Waals surface area (Å²) in [6.45, 7) is 0.439. The summed E-state index contributed by atoms with van der Waals surface area (Å²) in [6.07, 6.45) is -0.621. The lowest BCUT2D eigenvalue weighted by Gasteiger charge is -2.11. The van der Waals surface area contributed by atoms with Gasteiger partial charge in [-0.25, -0.2) is 4.79 Å². The van der Waals surface area contributed by atoms with Crippen molar-refractivity contribution in [3.63, 3.8) is 0 Å². The summed E-state index contributed by atoms with van der Waals surface area (Å²) in [5.41, 5.74) is 1.20. The highest BCUT2D eigenvalue weighted by Gasteiger charge is 2.14. The van der Waals surface area contributed by atoms with Crippen molar-refractivity contribution in [2.75, 3.05) is 38.1 Å². The van der Waals surface area contributed by atoms with Gasteiger partial charge in [0.15, 0.2) is 5.75 Å². The molecule has 9 heteroatoms. The van der Waals surface area contributed by atoms with Crippen LogP contribution in [0.25, 0.3) is 0 Å². The van der Waals surface area contributed by atoms with Crippen molar-refractivity contribution in [3.05, 3.63) is 52.0 Å². The number of benzene rings is 2. The quantitative estimate of drug-likeness (QED) is 0.656. The van der Waals surface area contributed by atoms with E-state index in [2.05, 4.69) is 10.6 Å². The largest absolute Gasteiger partial charge is 0.494 e. The number of nitrogens with one attached hydrogen (secondary N) is 2. The van der Waals surface area contributed by atoms with Gasteiger partial charge in [-0.15, -0.1) is 0 Å². The highest BCUT2D eigenvalue weighted by atomic mass is 35.5. The SMILES string of the molecule is COCCOC(=O)Nc1cccc(NC(=O)c2cc(Cl)c(OC)c(Cl)c2)c1. The molecule has 7 nitrogen and oxygen atoms in total. The molecule has 144 valence electrons. The standard InChI is InChI=1S/C18H18Cl2N2O5/c1-25-6-7-27-18(24)22-13-5-3-4-12(10-13)21-17(23)11-8-14(19)16(26-2)15(20)9-11/h3-5,8-10H,6-7H2,1-2H3,(H,21,23)(H,22,24). The molecule has 2 aromatic rings. The van der Waals surface area contributed by atoms with Crippen molar-refractivity contribution in [3.8, 4) is 5.75 Å². The molecule has 2 rings (SSSR count). The minimum absolute atomic E-state index is 0.137. The fraction of sp³-hybridized carbons (Fsp3) is 0.222. The zero-order valence-electron chi connectivity index (χ0n) is 14.7. The number of hydrogen-bond donors (Lipinski definition) is 2. The molecule has 0 fully saturated rings. The van der Waals surface area contributed by atoms with Gasteiger partial charge in [0.1, 0.15) is 6.61 Å². The van der Waals surface area contributed by atoms with Crippen LogP contribution < -0.4 is 15.4 Å². The zero-order chi connectivity index (χ0) is 19.8. The van der Waals surface area contributed by atoms with Gasteiger partial charge in [-0.1, -0.05) is 29.3 Å². The minimum atomic E-state index is -0.621. The van der Waals surface area contributed by atoms with Crippen LogP contribution in [0.2, 0.25) is 10.0 Å². The molecule has 0 saturated carbocycles. The van der Waals surface area contributed by atoms with E-state index in [1.807, 2.05) is 0 Å². The molecule has 0 aliphatic heterocycles. The Bertz CT molecular complexity index is 806. The van der Waals surface area contributed by atoms with Gasteiger partial charge in [0.2, 0.25) is 0 Å². The van der Waals surface area contributed by atoms with Crippen molar-refractivity contribution in [2.24, 2.45) is 0 Å². The van der Waals surface area contributed by atoms with Crippen LogP contribution in [0.5, 0.6) is 5.75 Å². The lowest BCUT2D eigenvalue weighted by atomic mass is 10.2. The van der Waals surface area contributed by atoms with Crippen LogP contribution in [0, 0.1) is 0 Å². The first kappa shape index (κ1) is 20.8. The maximum Gasteiger partial charge on any atom is 0.411 e. The average Bonchev–Trinajstić information content (AvgIpc) is 2.62. The van der Waals surface area contributed by atoms with Gasteiger partial charge in [0, 0.05) is 24.0 Å². The summed E-state index contributed by atoms with van der Waals surface area (Å²) in [5, 5.41) is 5.72. The second-order valence-corrected chi connectivity index (χ2v) is 6.08. The summed E-state index contributed by atoms with van der Waals surface area (Å²) >= 11 is 12.1. The number of methoxy groups -OCH3 is 2. The smallest absolute Gasteiger partial charge is 0.411 e. The van der Waals surface area contributed by atoms with Crippen molar-refractivity contribution < 1.29 is 23.8 Å². The highest BCUT2D eigenvalue weighted by molar-refractivity contribution is 6.37. The molecule has 0 unspecified atom stereocenters. The van der Waals surface area contributed by atoms with Crippen molar-refractivity contribution in [2.45, 2.75) is 0 Å². The minimum Gasteiger partial charge on any atom is -0.494 e. The number of hydrogen-bond acceptors (Lipinski definition) is 5. The van der Waals surface area contributed by atoms with E-state index >= 15 is 0 Å². The van der Waals surface area contributed by atoms with E-state index in [-0.39, 0.29) is 22.2 Å². The Balaban J connectivity index is 2.05.